The van der Waals surface area contributed by atoms with Crippen molar-refractivity contribution >= 4 is 46.4 Å². The van der Waals surface area contributed by atoms with E-state index < -0.39 is 16.6 Å². The zero-order valence-corrected chi connectivity index (χ0v) is 54.3. The van der Waals surface area contributed by atoms with E-state index in [2.05, 4.69) is 150 Å². The minimum atomic E-state index is -0.886. The molecule has 6 aliphatic rings. The smallest absolute Gasteiger partial charge is 0.260 e. The molecule has 9 nitrogen and oxygen atoms in total. The first-order chi connectivity index (χ1) is 46.1. The van der Waals surface area contributed by atoms with Crippen LogP contribution in [0.4, 0.5) is 17.1 Å². The zero-order valence-electron chi connectivity index (χ0n) is 53.5. The molecule has 3 amide bonds. The first-order valence-electron chi connectivity index (χ1n) is 32.0. The molecule has 0 aromatic heterocycles. The molecule has 18 rings (SSSR count). The van der Waals surface area contributed by atoms with Crippen LogP contribution in [-0.4, -0.2) is 17.7 Å². The number of hydrogen-bond acceptors (Lipinski definition) is 6. The van der Waals surface area contributed by atoms with Crippen LogP contribution < -0.4 is 28.9 Å². The van der Waals surface area contributed by atoms with Crippen molar-refractivity contribution < 1.29 is 28.6 Å². The molecule has 0 radical (unpaired) electrons. The lowest BCUT2D eigenvalue weighted by Crippen LogP contribution is -2.48. The lowest BCUT2D eigenvalue weighted by atomic mass is 9.74. The third-order valence-corrected chi connectivity index (χ3v) is 19.9. The Labute approximate surface area is 557 Å². The molecule has 6 heterocycles. The number of anilines is 3. The molecule has 12 aromatic rings. The van der Waals surface area contributed by atoms with E-state index in [1.807, 2.05) is 174 Å². The summed E-state index contributed by atoms with van der Waals surface area (Å²) in [5.74, 6) is 4.63. The minimum Gasteiger partial charge on any atom is -0.457 e. The van der Waals surface area contributed by atoms with Gasteiger partial charge >= 0.3 is 0 Å². The number of carbonyl (C=O) groups excluding carboxylic acids is 3. The Morgan fingerprint density at radius 1 is 0.274 bits per heavy atom. The van der Waals surface area contributed by atoms with Gasteiger partial charge in [-0.25, -0.2) is 0 Å². The Morgan fingerprint density at radius 2 is 0.547 bits per heavy atom. The normalized spacial score (nSPS) is 15.2. The minimum absolute atomic E-state index is 0.00162. The maximum absolute atomic E-state index is 14.1. The summed E-state index contributed by atoms with van der Waals surface area (Å²) in [5, 5.41) is 0.529. The van der Waals surface area contributed by atoms with Gasteiger partial charge in [0, 0.05) is 78.1 Å². The summed E-state index contributed by atoms with van der Waals surface area (Å²) in [5.41, 5.74) is 18.5. The fraction of sp³-hybridized carbons (Fsp3) is 0.118. The van der Waals surface area contributed by atoms with Crippen LogP contribution >= 0.6 is 11.6 Å². The number of halogens is 1. The highest BCUT2D eigenvalue weighted by Crippen LogP contribution is 2.63. The topological polar surface area (TPSA) is 88.6 Å². The SMILES string of the molecule is Cc1ccc2c(c1)Oc1cc(C)ccc1C21c2ccccc2C(=O)N1c1ccccc1.Cc1ccc2c(c1)Oc1cc(C)ccc1C21c2ccccc2C(=O)N1c1ccccc1C.Cc1ccc2c(c1)Oc1cc(C)ccc1C21c2ccccc2C(=O)N1c1ccccc1Cl. The average Bonchev–Trinajstić information content (AvgIpc) is 1.59. The summed E-state index contributed by atoms with van der Waals surface area (Å²) < 4.78 is 19.3. The molecule has 12 aromatic carbocycles. The molecule has 0 aliphatic carbocycles. The van der Waals surface area contributed by atoms with Gasteiger partial charge in [-0.3, -0.25) is 29.1 Å². The number of para-hydroxylation sites is 3. The van der Waals surface area contributed by atoms with E-state index in [4.69, 9.17) is 25.8 Å². The summed E-state index contributed by atoms with van der Waals surface area (Å²) in [6.45, 7) is 14.4. The van der Waals surface area contributed by atoms with Gasteiger partial charge in [0.05, 0.1) is 10.7 Å². The van der Waals surface area contributed by atoms with Crippen molar-refractivity contribution in [1.82, 2.24) is 0 Å². The Morgan fingerprint density at radius 3 is 0.895 bits per heavy atom. The Kier molecular flexibility index (Phi) is 13.8. The molecule has 0 unspecified atom stereocenters. The number of benzene rings is 12. The molecule has 95 heavy (non-hydrogen) atoms. The molecule has 10 heteroatoms. The summed E-state index contributed by atoms with van der Waals surface area (Å²) >= 11 is 6.69. The molecule has 6 aliphatic heterocycles. The Hall–Kier alpha value is -11.3. The maximum Gasteiger partial charge on any atom is 0.260 e. The van der Waals surface area contributed by atoms with Crippen molar-refractivity contribution in [2.24, 2.45) is 0 Å². The highest BCUT2D eigenvalue weighted by atomic mass is 35.5. The second kappa shape index (κ2) is 22.2. The van der Waals surface area contributed by atoms with E-state index in [-0.39, 0.29) is 17.7 Å². The van der Waals surface area contributed by atoms with Crippen molar-refractivity contribution in [3.8, 4) is 34.5 Å². The number of hydrogen-bond donors (Lipinski definition) is 0. The van der Waals surface area contributed by atoms with Gasteiger partial charge in [-0.1, -0.05) is 188 Å². The van der Waals surface area contributed by atoms with Gasteiger partial charge in [0.25, 0.3) is 17.7 Å². The van der Waals surface area contributed by atoms with E-state index in [0.29, 0.717) is 16.3 Å². The summed E-state index contributed by atoms with van der Waals surface area (Å²) in [6, 6.07) is 86.9. The quantitative estimate of drug-likeness (QED) is 0.175. The molecule has 3 spiro atoms. The Balaban J connectivity index is 0.000000112. The van der Waals surface area contributed by atoms with Crippen molar-refractivity contribution in [3.05, 3.63) is 372 Å². The van der Waals surface area contributed by atoms with E-state index in [9.17, 15) is 14.4 Å². The fourth-order valence-electron chi connectivity index (χ4n) is 15.5. The lowest BCUT2D eigenvalue weighted by Gasteiger charge is -2.44. The van der Waals surface area contributed by atoms with E-state index in [1.54, 1.807) is 0 Å². The van der Waals surface area contributed by atoms with Gasteiger partial charge in [0.15, 0.2) is 0 Å². The Bertz CT molecular complexity index is 4860. The standard InChI is InChI=1S/C29H23NO2.C28H20ClNO2.C28H21NO2/c1-18-12-14-23-26(16-18)32-27-17-19(2)13-15-24(27)29(23)22-10-6-5-9-21(22)28(31)30(29)25-11-7-4-8-20(25)3;1-17-11-13-21-25(15-17)32-26-16-18(2)12-14-22(26)28(21)20-8-4-3-7-19(20)27(31)30(28)24-10-6-5-9-23(24)29;1-18-12-14-23-25(16-18)31-26-17-19(2)13-15-24(26)28(23)22-11-7-6-10-21(22)27(30)29(28)20-8-4-3-5-9-20/h4-17H,1-3H3;3-16H,1-2H3;3-17H,1-2H3. The van der Waals surface area contributed by atoms with Crippen LogP contribution in [0, 0.1) is 48.5 Å². The number of aryl methyl sites for hydroxylation is 7. The number of ether oxygens (including phenoxy) is 3. The van der Waals surface area contributed by atoms with Gasteiger partial charge in [0.1, 0.15) is 51.1 Å². The van der Waals surface area contributed by atoms with Crippen molar-refractivity contribution in [1.29, 1.82) is 0 Å². The van der Waals surface area contributed by atoms with Crippen LogP contribution in [-0.2, 0) is 16.6 Å². The van der Waals surface area contributed by atoms with E-state index in [0.717, 1.165) is 146 Å². The number of carbonyl (C=O) groups is 3. The van der Waals surface area contributed by atoms with Crippen LogP contribution in [0.25, 0.3) is 0 Å². The molecular formula is C85H64ClN3O6. The van der Waals surface area contributed by atoms with Crippen molar-refractivity contribution in [3.63, 3.8) is 0 Å². The third-order valence-electron chi connectivity index (χ3n) is 19.5. The number of rotatable bonds is 3. The molecular weight excluding hydrogens is 1190 g/mol. The summed E-state index contributed by atoms with van der Waals surface area (Å²) in [6.07, 6.45) is 0. The fourth-order valence-corrected chi connectivity index (χ4v) is 15.7. The molecule has 0 N–H and O–H groups in total. The van der Waals surface area contributed by atoms with Crippen LogP contribution in [0.15, 0.2) is 261 Å². The van der Waals surface area contributed by atoms with Crippen molar-refractivity contribution in [2.75, 3.05) is 14.7 Å². The highest BCUT2D eigenvalue weighted by molar-refractivity contribution is 6.34. The highest BCUT2D eigenvalue weighted by Gasteiger charge is 2.60. The predicted octanol–water partition coefficient (Wildman–Crippen LogP) is 20.0. The van der Waals surface area contributed by atoms with Gasteiger partial charge in [-0.05, 0) is 172 Å². The van der Waals surface area contributed by atoms with Crippen molar-refractivity contribution in [2.45, 2.75) is 65.1 Å². The number of nitrogens with zero attached hydrogens (tertiary/aromatic N) is 3. The predicted molar refractivity (Wildman–Crippen MR) is 376 cm³/mol. The van der Waals surface area contributed by atoms with Gasteiger partial charge in [-0.2, -0.15) is 0 Å². The van der Waals surface area contributed by atoms with E-state index >= 15 is 0 Å². The summed E-state index contributed by atoms with van der Waals surface area (Å²) in [7, 11) is 0. The number of fused-ring (bicyclic) bond motifs is 18. The second-order valence-corrected chi connectivity index (χ2v) is 26.0. The third kappa shape index (κ3) is 8.65. The van der Waals surface area contributed by atoms with Crippen LogP contribution in [0.1, 0.15) is 120 Å². The first kappa shape index (κ1) is 58.8. The van der Waals surface area contributed by atoms with Crippen LogP contribution in [0.2, 0.25) is 5.02 Å². The largest absolute Gasteiger partial charge is 0.457 e. The molecule has 0 atom stereocenters. The second-order valence-electron chi connectivity index (χ2n) is 25.6. The van der Waals surface area contributed by atoms with Gasteiger partial charge < -0.3 is 14.2 Å². The van der Waals surface area contributed by atoms with Gasteiger partial charge in [-0.15, -0.1) is 0 Å². The van der Waals surface area contributed by atoms with Crippen LogP contribution in [0.5, 0.6) is 34.5 Å². The molecule has 0 saturated heterocycles. The van der Waals surface area contributed by atoms with Gasteiger partial charge in [0.2, 0.25) is 0 Å². The molecule has 462 valence electrons. The molecule has 0 fully saturated rings. The molecule has 0 saturated carbocycles. The monoisotopic (exact) mass is 1260 g/mol. The molecule has 0 bridgehead atoms. The summed E-state index contributed by atoms with van der Waals surface area (Å²) in [4.78, 5) is 47.8. The maximum atomic E-state index is 14.1. The van der Waals surface area contributed by atoms with E-state index in [1.165, 1.54) is 0 Å². The average molecular weight is 1260 g/mol. The lowest BCUT2D eigenvalue weighted by molar-refractivity contribution is 0.0977. The zero-order chi connectivity index (χ0) is 65.2. The van der Waals surface area contributed by atoms with Crippen LogP contribution in [0.3, 0.4) is 0 Å². The first-order valence-corrected chi connectivity index (χ1v) is 32.4. The number of amides is 3.